The molecule has 2 aromatic carbocycles. The van der Waals surface area contributed by atoms with Crippen LogP contribution in [0.1, 0.15) is 11.1 Å². The van der Waals surface area contributed by atoms with Gasteiger partial charge in [-0.3, -0.25) is 0 Å². The van der Waals surface area contributed by atoms with E-state index in [0.717, 1.165) is 36.8 Å². The SMILES string of the molecule is FC(F)(F)c1ccc(CNc2c(Br)cc(Br)cc2Br)cc1. The van der Waals surface area contributed by atoms with Crippen molar-refractivity contribution in [1.82, 2.24) is 0 Å². The number of rotatable bonds is 3. The molecule has 0 radical (unpaired) electrons. The Balaban J connectivity index is 2.10. The molecule has 0 aromatic heterocycles. The van der Waals surface area contributed by atoms with E-state index in [4.69, 9.17) is 0 Å². The molecule has 0 aliphatic carbocycles. The van der Waals surface area contributed by atoms with Gasteiger partial charge in [0.15, 0.2) is 0 Å². The lowest BCUT2D eigenvalue weighted by molar-refractivity contribution is -0.137. The Morgan fingerprint density at radius 3 is 1.90 bits per heavy atom. The molecule has 1 N–H and O–H groups in total. The molecule has 7 heteroatoms. The lowest BCUT2D eigenvalue weighted by atomic mass is 10.1. The lowest BCUT2D eigenvalue weighted by Gasteiger charge is -2.12. The summed E-state index contributed by atoms with van der Waals surface area (Å²) in [6, 6.07) is 8.89. The molecule has 0 fully saturated rings. The van der Waals surface area contributed by atoms with Gasteiger partial charge in [-0.1, -0.05) is 28.1 Å². The van der Waals surface area contributed by atoms with Gasteiger partial charge in [0.05, 0.1) is 11.3 Å². The van der Waals surface area contributed by atoms with Gasteiger partial charge in [-0.25, -0.2) is 0 Å². The van der Waals surface area contributed by atoms with E-state index in [1.54, 1.807) is 0 Å². The summed E-state index contributed by atoms with van der Waals surface area (Å²) in [4.78, 5) is 0. The smallest absolute Gasteiger partial charge is 0.379 e. The average Bonchev–Trinajstić information content (AvgIpc) is 2.37. The molecule has 0 unspecified atom stereocenters. The zero-order valence-electron chi connectivity index (χ0n) is 10.4. The van der Waals surface area contributed by atoms with E-state index in [-0.39, 0.29) is 0 Å². The highest BCUT2D eigenvalue weighted by atomic mass is 79.9. The minimum atomic E-state index is -4.30. The predicted molar refractivity (Wildman–Crippen MR) is 88.3 cm³/mol. The number of hydrogen-bond acceptors (Lipinski definition) is 1. The zero-order chi connectivity index (χ0) is 15.6. The molecule has 0 spiro atoms. The van der Waals surface area contributed by atoms with Crippen molar-refractivity contribution < 1.29 is 13.2 Å². The Hall–Kier alpha value is -0.530. The second kappa shape index (κ2) is 6.71. The van der Waals surface area contributed by atoms with Crippen molar-refractivity contribution in [1.29, 1.82) is 0 Å². The molecular weight excluding hydrogens is 479 g/mol. The molecule has 1 nitrogen and oxygen atoms in total. The Bertz CT molecular complexity index is 616. The van der Waals surface area contributed by atoms with Crippen molar-refractivity contribution in [2.45, 2.75) is 12.7 Å². The van der Waals surface area contributed by atoms with E-state index in [1.807, 2.05) is 12.1 Å². The maximum atomic E-state index is 12.5. The first-order valence-corrected chi connectivity index (χ1v) is 8.20. The van der Waals surface area contributed by atoms with E-state index in [0.29, 0.717) is 6.54 Å². The fourth-order valence-corrected chi connectivity index (χ4v) is 4.25. The first-order chi connectivity index (χ1) is 9.77. The number of benzene rings is 2. The number of nitrogens with one attached hydrogen (secondary N) is 1. The van der Waals surface area contributed by atoms with Gasteiger partial charge in [0.2, 0.25) is 0 Å². The second-order valence-electron chi connectivity index (χ2n) is 4.29. The van der Waals surface area contributed by atoms with Crippen LogP contribution in [0, 0.1) is 0 Å². The number of halogens is 6. The summed E-state index contributed by atoms with van der Waals surface area (Å²) in [6.07, 6.45) is -4.30. The maximum absolute atomic E-state index is 12.5. The minimum absolute atomic E-state index is 0.428. The average molecular weight is 488 g/mol. The number of anilines is 1. The van der Waals surface area contributed by atoms with Gasteiger partial charge in [-0.05, 0) is 61.7 Å². The molecule has 0 saturated carbocycles. The van der Waals surface area contributed by atoms with Crippen molar-refractivity contribution >= 4 is 53.5 Å². The summed E-state index contributed by atoms with van der Waals surface area (Å²) in [5, 5.41) is 3.19. The van der Waals surface area contributed by atoms with Crippen molar-refractivity contribution in [3.63, 3.8) is 0 Å². The third-order valence-electron chi connectivity index (χ3n) is 2.76. The molecule has 0 bridgehead atoms. The van der Waals surface area contributed by atoms with Gasteiger partial charge in [-0.2, -0.15) is 13.2 Å². The Morgan fingerprint density at radius 2 is 1.43 bits per heavy atom. The molecule has 0 amide bonds. The number of alkyl halides is 3. The molecule has 0 atom stereocenters. The minimum Gasteiger partial charge on any atom is -0.379 e. The monoisotopic (exact) mass is 485 g/mol. The Labute approximate surface area is 145 Å². The fourth-order valence-electron chi connectivity index (χ4n) is 1.71. The predicted octanol–water partition coefficient (Wildman–Crippen LogP) is 6.61. The molecular formula is C14H9Br3F3N. The van der Waals surface area contributed by atoms with Crippen molar-refractivity contribution in [3.05, 3.63) is 60.9 Å². The summed E-state index contributed by atoms with van der Waals surface area (Å²) in [5.41, 5.74) is 0.972. The van der Waals surface area contributed by atoms with Gasteiger partial charge in [0, 0.05) is 20.0 Å². The van der Waals surface area contributed by atoms with E-state index < -0.39 is 11.7 Å². The van der Waals surface area contributed by atoms with Crippen LogP contribution in [0.5, 0.6) is 0 Å². The van der Waals surface area contributed by atoms with Crippen LogP contribution >= 0.6 is 47.8 Å². The summed E-state index contributed by atoms with van der Waals surface area (Å²) in [7, 11) is 0. The molecule has 2 aromatic rings. The second-order valence-corrected chi connectivity index (χ2v) is 6.92. The summed E-state index contributed by atoms with van der Waals surface area (Å²) < 4.78 is 40.1. The number of hydrogen-bond donors (Lipinski definition) is 1. The Kier molecular flexibility index (Phi) is 5.38. The highest BCUT2D eigenvalue weighted by molar-refractivity contribution is 9.11. The van der Waals surface area contributed by atoms with Crippen LogP contribution in [0.4, 0.5) is 18.9 Å². The third-order valence-corrected chi connectivity index (χ3v) is 4.47. The van der Waals surface area contributed by atoms with E-state index in [9.17, 15) is 13.2 Å². The molecule has 0 saturated heterocycles. The quantitative estimate of drug-likeness (QED) is 0.514. The summed E-state index contributed by atoms with van der Waals surface area (Å²) in [6.45, 7) is 0.428. The first kappa shape index (κ1) is 16.8. The van der Waals surface area contributed by atoms with Crippen LogP contribution in [-0.4, -0.2) is 0 Å². The largest absolute Gasteiger partial charge is 0.416 e. The highest BCUT2D eigenvalue weighted by Gasteiger charge is 2.29. The van der Waals surface area contributed by atoms with Gasteiger partial charge in [0.1, 0.15) is 0 Å². The van der Waals surface area contributed by atoms with Crippen molar-refractivity contribution in [2.75, 3.05) is 5.32 Å². The summed E-state index contributed by atoms with van der Waals surface area (Å²) >= 11 is 10.3. The van der Waals surface area contributed by atoms with Crippen LogP contribution in [0.2, 0.25) is 0 Å². The standard InChI is InChI=1S/C14H9Br3F3N/c15-10-5-11(16)13(12(17)6-10)21-7-8-1-3-9(4-2-8)14(18,19)20/h1-6,21H,7H2. The summed E-state index contributed by atoms with van der Waals surface area (Å²) in [5.74, 6) is 0. The van der Waals surface area contributed by atoms with Gasteiger partial charge in [0.25, 0.3) is 0 Å². The molecule has 21 heavy (non-hydrogen) atoms. The van der Waals surface area contributed by atoms with Gasteiger partial charge in [-0.15, -0.1) is 0 Å². The van der Waals surface area contributed by atoms with Crippen LogP contribution < -0.4 is 5.32 Å². The molecule has 2 rings (SSSR count). The lowest BCUT2D eigenvalue weighted by Crippen LogP contribution is -2.06. The normalized spacial score (nSPS) is 11.5. The Morgan fingerprint density at radius 1 is 0.905 bits per heavy atom. The molecule has 112 valence electrons. The fraction of sp³-hybridized carbons (Fsp3) is 0.143. The molecule has 0 aliphatic heterocycles. The zero-order valence-corrected chi connectivity index (χ0v) is 15.2. The first-order valence-electron chi connectivity index (χ1n) is 5.82. The van der Waals surface area contributed by atoms with Crippen LogP contribution in [-0.2, 0) is 12.7 Å². The molecule has 0 heterocycles. The van der Waals surface area contributed by atoms with Crippen LogP contribution in [0.15, 0.2) is 49.8 Å². The van der Waals surface area contributed by atoms with Gasteiger partial charge >= 0.3 is 6.18 Å². The van der Waals surface area contributed by atoms with Crippen molar-refractivity contribution in [2.24, 2.45) is 0 Å². The van der Waals surface area contributed by atoms with Crippen LogP contribution in [0.3, 0.4) is 0 Å². The third kappa shape index (κ3) is 4.47. The van der Waals surface area contributed by atoms with E-state index >= 15 is 0 Å². The highest BCUT2D eigenvalue weighted by Crippen LogP contribution is 2.35. The van der Waals surface area contributed by atoms with Gasteiger partial charge < -0.3 is 5.32 Å². The van der Waals surface area contributed by atoms with E-state index in [1.165, 1.54) is 12.1 Å². The van der Waals surface area contributed by atoms with E-state index in [2.05, 4.69) is 53.1 Å². The molecule has 0 aliphatic rings. The maximum Gasteiger partial charge on any atom is 0.416 e. The van der Waals surface area contributed by atoms with Crippen LogP contribution in [0.25, 0.3) is 0 Å². The van der Waals surface area contributed by atoms with Crippen molar-refractivity contribution in [3.8, 4) is 0 Å². The topological polar surface area (TPSA) is 12.0 Å².